The second kappa shape index (κ2) is 10.3. The Kier molecular flexibility index (Phi) is 6.12. The van der Waals surface area contributed by atoms with Gasteiger partial charge < -0.3 is 15.0 Å². The highest BCUT2D eigenvalue weighted by Crippen LogP contribution is 2.33. The van der Waals surface area contributed by atoms with Gasteiger partial charge >= 0.3 is 0 Å². The minimum absolute atomic E-state index is 0.211. The molecule has 1 amide bonds. The van der Waals surface area contributed by atoms with Gasteiger partial charge in [0.15, 0.2) is 5.82 Å². The first-order valence-corrected chi connectivity index (χ1v) is 13.1. The van der Waals surface area contributed by atoms with E-state index in [1.54, 1.807) is 36.8 Å². The van der Waals surface area contributed by atoms with Crippen LogP contribution in [0, 0.1) is 5.82 Å². The number of H-pyrrole nitrogens is 2. The van der Waals surface area contributed by atoms with Gasteiger partial charge in [0.05, 0.1) is 35.7 Å². The molecule has 9 nitrogen and oxygen atoms in total. The van der Waals surface area contributed by atoms with Crippen LogP contribution in [0.15, 0.2) is 97.5 Å². The number of halogens is 1. The van der Waals surface area contributed by atoms with Crippen LogP contribution in [0.4, 0.5) is 10.1 Å². The topological polar surface area (TPSA) is 121 Å². The number of hydrogen-bond acceptors (Lipinski definition) is 6. The first kappa shape index (κ1) is 25.1. The average molecular weight is 556 g/mol. The fraction of sp³-hybridized carbons (Fsp3) is 0.0312. The maximum absolute atomic E-state index is 14.3. The van der Waals surface area contributed by atoms with E-state index in [1.807, 2.05) is 48.5 Å². The van der Waals surface area contributed by atoms with Gasteiger partial charge in [0.25, 0.3) is 5.91 Å². The number of ether oxygens (including phenoxy) is 1. The fourth-order valence-corrected chi connectivity index (χ4v) is 4.91. The number of anilines is 1. The summed E-state index contributed by atoms with van der Waals surface area (Å²) in [6.07, 6.45) is 5.00. The normalized spacial score (nSPS) is 11.2. The Morgan fingerprint density at radius 3 is 2.62 bits per heavy atom. The number of imidazole rings is 1. The monoisotopic (exact) mass is 555 g/mol. The molecule has 0 radical (unpaired) electrons. The summed E-state index contributed by atoms with van der Waals surface area (Å²) in [5.74, 6) is 0.289. The molecule has 10 heteroatoms. The molecule has 0 aliphatic heterocycles. The van der Waals surface area contributed by atoms with Crippen molar-refractivity contribution in [2.45, 2.75) is 0 Å². The zero-order valence-electron chi connectivity index (χ0n) is 22.2. The van der Waals surface area contributed by atoms with Crippen LogP contribution in [0.1, 0.15) is 10.4 Å². The second-order valence-electron chi connectivity index (χ2n) is 9.64. The van der Waals surface area contributed by atoms with E-state index in [2.05, 4.69) is 30.5 Å². The summed E-state index contributed by atoms with van der Waals surface area (Å²) in [4.78, 5) is 29.6. The summed E-state index contributed by atoms with van der Waals surface area (Å²) >= 11 is 0. The molecule has 4 heterocycles. The molecule has 7 aromatic rings. The lowest BCUT2D eigenvalue weighted by Crippen LogP contribution is -2.11. The zero-order chi connectivity index (χ0) is 28.6. The summed E-state index contributed by atoms with van der Waals surface area (Å²) in [7, 11) is 1.49. The van der Waals surface area contributed by atoms with Crippen LogP contribution in [0.3, 0.4) is 0 Å². The van der Waals surface area contributed by atoms with Crippen LogP contribution in [0.25, 0.3) is 55.8 Å². The number of nitrogens with one attached hydrogen (secondary N) is 3. The number of carbonyl (C=O) groups is 1. The third kappa shape index (κ3) is 4.60. The van der Waals surface area contributed by atoms with Gasteiger partial charge in [-0.1, -0.05) is 24.3 Å². The molecule has 0 unspecified atom stereocenters. The van der Waals surface area contributed by atoms with Crippen LogP contribution < -0.4 is 10.1 Å². The molecular weight excluding hydrogens is 533 g/mol. The van der Waals surface area contributed by atoms with E-state index in [9.17, 15) is 9.18 Å². The van der Waals surface area contributed by atoms with Crippen molar-refractivity contribution in [3.63, 3.8) is 0 Å². The first-order chi connectivity index (χ1) is 20.6. The molecule has 7 rings (SSSR count). The highest BCUT2D eigenvalue weighted by atomic mass is 19.1. The molecule has 3 N–H and O–H groups in total. The highest BCUT2D eigenvalue weighted by molar-refractivity contribution is 6.04. The van der Waals surface area contributed by atoms with Crippen LogP contribution in [0.2, 0.25) is 0 Å². The quantitative estimate of drug-likeness (QED) is 0.212. The highest BCUT2D eigenvalue weighted by Gasteiger charge is 2.17. The maximum atomic E-state index is 14.3. The van der Waals surface area contributed by atoms with E-state index in [1.165, 1.54) is 19.2 Å². The van der Waals surface area contributed by atoms with Crippen LogP contribution >= 0.6 is 0 Å². The average Bonchev–Trinajstić information content (AvgIpc) is 3.65. The molecule has 204 valence electrons. The number of pyridine rings is 2. The van der Waals surface area contributed by atoms with Crippen molar-refractivity contribution in [1.82, 2.24) is 30.1 Å². The Balaban J connectivity index is 1.25. The predicted molar refractivity (Wildman–Crippen MR) is 159 cm³/mol. The van der Waals surface area contributed by atoms with Crippen molar-refractivity contribution >= 4 is 33.5 Å². The number of nitrogens with zero attached hydrogens (tertiary/aromatic N) is 4. The van der Waals surface area contributed by atoms with Gasteiger partial charge in [-0.3, -0.25) is 19.9 Å². The largest absolute Gasteiger partial charge is 0.497 e. The van der Waals surface area contributed by atoms with Crippen molar-refractivity contribution in [2.75, 3.05) is 12.4 Å². The van der Waals surface area contributed by atoms with E-state index in [-0.39, 0.29) is 5.91 Å². The number of hydrogen-bond donors (Lipinski definition) is 3. The van der Waals surface area contributed by atoms with Gasteiger partial charge in [0, 0.05) is 40.5 Å². The molecule has 0 aliphatic rings. The molecule has 0 saturated carbocycles. The lowest BCUT2D eigenvalue weighted by Gasteiger charge is -2.08. The standard InChI is InChI=1S/C32H22FN7O2/c1-42-24-13-20(11-22(33)15-24)28-30-27(9-10-35-28)37-31(38-30)29-25-14-19(7-8-26(25)39-40-29)21-12-23(17-34-16-21)36-32(41)18-5-3-2-4-6-18/h2-17H,1H3,(H,36,41)(H,37,38)(H,39,40). The van der Waals surface area contributed by atoms with E-state index < -0.39 is 5.82 Å². The van der Waals surface area contributed by atoms with Crippen molar-refractivity contribution in [3.05, 3.63) is 109 Å². The molecular formula is C32H22FN7O2. The third-order valence-electron chi connectivity index (χ3n) is 6.93. The van der Waals surface area contributed by atoms with Crippen molar-refractivity contribution in [2.24, 2.45) is 0 Å². The number of methoxy groups -OCH3 is 1. The minimum atomic E-state index is -0.428. The Labute approximate surface area is 238 Å². The molecule has 0 atom stereocenters. The smallest absolute Gasteiger partial charge is 0.255 e. The molecule has 0 aliphatic carbocycles. The molecule has 42 heavy (non-hydrogen) atoms. The van der Waals surface area contributed by atoms with Gasteiger partial charge in [-0.2, -0.15) is 5.10 Å². The Bertz CT molecular complexity index is 2100. The van der Waals surface area contributed by atoms with Crippen molar-refractivity contribution in [1.29, 1.82) is 0 Å². The zero-order valence-corrected chi connectivity index (χ0v) is 22.2. The Hall–Kier alpha value is -5.90. The summed E-state index contributed by atoms with van der Waals surface area (Å²) in [5, 5.41) is 11.4. The first-order valence-electron chi connectivity index (χ1n) is 13.1. The summed E-state index contributed by atoms with van der Waals surface area (Å²) < 4.78 is 19.5. The van der Waals surface area contributed by atoms with Crippen LogP contribution in [-0.4, -0.2) is 43.2 Å². The number of rotatable bonds is 6. The van der Waals surface area contributed by atoms with Crippen molar-refractivity contribution in [3.8, 4) is 39.7 Å². The van der Waals surface area contributed by atoms with Crippen LogP contribution in [-0.2, 0) is 0 Å². The number of fused-ring (bicyclic) bond motifs is 2. The minimum Gasteiger partial charge on any atom is -0.497 e. The van der Waals surface area contributed by atoms with E-state index in [4.69, 9.17) is 9.72 Å². The summed E-state index contributed by atoms with van der Waals surface area (Å²) in [6.45, 7) is 0. The third-order valence-corrected chi connectivity index (χ3v) is 6.93. The lowest BCUT2D eigenvalue weighted by atomic mass is 10.0. The summed E-state index contributed by atoms with van der Waals surface area (Å²) in [6, 6.07) is 23.0. The fourth-order valence-electron chi connectivity index (χ4n) is 4.91. The Morgan fingerprint density at radius 1 is 0.881 bits per heavy atom. The van der Waals surface area contributed by atoms with E-state index >= 15 is 0 Å². The maximum Gasteiger partial charge on any atom is 0.255 e. The van der Waals surface area contributed by atoms with Gasteiger partial charge in [-0.15, -0.1) is 0 Å². The second-order valence-corrected chi connectivity index (χ2v) is 9.64. The van der Waals surface area contributed by atoms with Gasteiger partial charge in [-0.25, -0.2) is 9.37 Å². The predicted octanol–water partition coefficient (Wildman–Crippen LogP) is 6.63. The van der Waals surface area contributed by atoms with Crippen molar-refractivity contribution < 1.29 is 13.9 Å². The molecule has 0 fully saturated rings. The van der Waals surface area contributed by atoms with Gasteiger partial charge in [0.2, 0.25) is 0 Å². The van der Waals surface area contributed by atoms with E-state index in [0.717, 1.165) is 27.5 Å². The SMILES string of the molecule is COc1cc(F)cc(-c2nccc3[nH]c(-c4n[nH]c5ccc(-c6cncc(NC(=O)c7ccccc7)c6)cc45)nc23)c1. The Morgan fingerprint density at radius 2 is 1.76 bits per heavy atom. The number of amides is 1. The molecule has 0 saturated heterocycles. The lowest BCUT2D eigenvalue weighted by molar-refractivity contribution is 0.102. The van der Waals surface area contributed by atoms with Gasteiger partial charge in [-0.05, 0) is 54.1 Å². The van der Waals surface area contributed by atoms with Crippen LogP contribution in [0.5, 0.6) is 5.75 Å². The molecule has 0 spiro atoms. The molecule has 3 aromatic carbocycles. The van der Waals surface area contributed by atoms with Gasteiger partial charge in [0.1, 0.15) is 22.8 Å². The number of benzene rings is 3. The van der Waals surface area contributed by atoms with E-state index in [0.29, 0.717) is 45.3 Å². The molecule has 4 aromatic heterocycles. The molecule has 0 bridgehead atoms. The number of carbonyl (C=O) groups excluding carboxylic acids is 1. The number of aromatic amines is 2. The number of aromatic nitrogens is 6. The summed E-state index contributed by atoms with van der Waals surface area (Å²) in [5.41, 5.74) is 6.69.